The molecule has 1 heterocycles. The number of nitrogens with zero attached hydrogens (tertiary/aromatic N) is 2. The summed E-state index contributed by atoms with van der Waals surface area (Å²) in [5, 5.41) is 6.14. The van der Waals surface area contributed by atoms with Crippen LogP contribution in [0.15, 0.2) is 65.6 Å². The second-order valence-electron chi connectivity index (χ2n) is 7.87. The molecule has 36 heavy (non-hydrogen) atoms. The minimum Gasteiger partial charge on any atom is -0.497 e. The quantitative estimate of drug-likeness (QED) is 0.278. The van der Waals surface area contributed by atoms with Gasteiger partial charge in [-0.3, -0.25) is 9.52 Å². The fourth-order valence-corrected chi connectivity index (χ4v) is 4.86. The predicted molar refractivity (Wildman–Crippen MR) is 142 cm³/mol. The number of methoxy groups -OCH3 is 1. The Morgan fingerprint density at radius 3 is 2.36 bits per heavy atom. The zero-order chi connectivity index (χ0) is 25.9. The predicted octanol–water partition coefficient (Wildman–Crippen LogP) is 5.49. The van der Waals surface area contributed by atoms with E-state index >= 15 is 0 Å². The average Bonchev–Trinajstić information content (AvgIpc) is 2.86. The van der Waals surface area contributed by atoms with Crippen molar-refractivity contribution in [3.8, 4) is 5.75 Å². The summed E-state index contributed by atoms with van der Waals surface area (Å²) in [4.78, 5) is 20.9. The zero-order valence-electron chi connectivity index (χ0n) is 19.8. The molecule has 4 aromatic rings. The number of halogens is 1. The molecule has 0 radical (unpaired) electrons. The molecule has 1 aromatic heterocycles. The van der Waals surface area contributed by atoms with Crippen LogP contribution in [0.4, 0.5) is 23.0 Å². The summed E-state index contributed by atoms with van der Waals surface area (Å²) in [6.07, 6.45) is 0.267. The number of anilines is 4. The first-order valence-electron chi connectivity index (χ1n) is 11.0. The number of aryl methyl sites for hydroxylation is 1. The van der Waals surface area contributed by atoms with Crippen LogP contribution in [0.3, 0.4) is 0 Å². The summed E-state index contributed by atoms with van der Waals surface area (Å²) in [6, 6.07) is 16.8. The van der Waals surface area contributed by atoms with E-state index < -0.39 is 10.0 Å². The summed E-state index contributed by atoms with van der Waals surface area (Å²) >= 11 is 6.35. The number of sulfonamides is 1. The second-order valence-corrected chi connectivity index (χ2v) is 9.93. The normalized spacial score (nSPS) is 11.2. The van der Waals surface area contributed by atoms with Crippen LogP contribution in [-0.4, -0.2) is 31.4 Å². The van der Waals surface area contributed by atoms with Crippen molar-refractivity contribution in [2.24, 2.45) is 0 Å². The molecule has 0 bridgehead atoms. The minimum absolute atomic E-state index is 0.00303. The van der Waals surface area contributed by atoms with E-state index in [1.807, 2.05) is 6.07 Å². The zero-order valence-corrected chi connectivity index (χ0v) is 21.4. The Morgan fingerprint density at radius 1 is 1.00 bits per heavy atom. The van der Waals surface area contributed by atoms with Crippen molar-refractivity contribution in [1.82, 2.24) is 9.97 Å². The Hall–Kier alpha value is -3.89. The van der Waals surface area contributed by atoms with Crippen molar-refractivity contribution in [3.05, 3.63) is 71.2 Å². The van der Waals surface area contributed by atoms with E-state index in [1.165, 1.54) is 13.2 Å². The Bertz CT molecular complexity index is 1560. The lowest BCUT2D eigenvalue weighted by Gasteiger charge is -2.16. The summed E-state index contributed by atoms with van der Waals surface area (Å²) in [6.45, 7) is 3.38. The number of carbonyl (C=O) groups is 1. The SMILES string of the molecule is CCC(=O)Nc1ccc(C)c(S(=O)(=O)Nc2nc3ccccc3nc2Nc2cc(OC)ccc2Cl)c1. The Balaban J connectivity index is 1.77. The van der Waals surface area contributed by atoms with Crippen molar-refractivity contribution >= 4 is 61.6 Å². The van der Waals surface area contributed by atoms with Crippen molar-refractivity contribution in [1.29, 1.82) is 0 Å². The fourth-order valence-electron chi connectivity index (χ4n) is 3.41. The number of rotatable bonds is 8. The highest BCUT2D eigenvalue weighted by Crippen LogP contribution is 2.33. The molecule has 0 fully saturated rings. The molecule has 4 rings (SSSR count). The highest BCUT2D eigenvalue weighted by molar-refractivity contribution is 7.92. The van der Waals surface area contributed by atoms with Crippen LogP contribution in [0.5, 0.6) is 5.75 Å². The van der Waals surface area contributed by atoms with Gasteiger partial charge in [-0.15, -0.1) is 0 Å². The lowest BCUT2D eigenvalue weighted by molar-refractivity contribution is -0.115. The molecular weight excluding hydrogens is 502 g/mol. The van der Waals surface area contributed by atoms with E-state index in [1.54, 1.807) is 62.4 Å². The molecule has 0 unspecified atom stereocenters. The molecule has 0 aliphatic rings. The van der Waals surface area contributed by atoms with Gasteiger partial charge in [-0.05, 0) is 48.9 Å². The van der Waals surface area contributed by atoms with Crippen LogP contribution in [0.25, 0.3) is 11.0 Å². The number of aromatic nitrogens is 2. The number of nitrogens with one attached hydrogen (secondary N) is 3. The van der Waals surface area contributed by atoms with Gasteiger partial charge in [0.1, 0.15) is 5.75 Å². The molecule has 3 aromatic carbocycles. The average molecular weight is 526 g/mol. The van der Waals surface area contributed by atoms with Gasteiger partial charge in [0.2, 0.25) is 5.91 Å². The molecule has 0 spiro atoms. The van der Waals surface area contributed by atoms with Gasteiger partial charge >= 0.3 is 0 Å². The minimum atomic E-state index is -4.12. The van der Waals surface area contributed by atoms with Crippen molar-refractivity contribution < 1.29 is 17.9 Å². The highest BCUT2D eigenvalue weighted by Gasteiger charge is 2.22. The summed E-state index contributed by atoms with van der Waals surface area (Å²) in [7, 11) is -2.59. The molecule has 0 saturated heterocycles. The molecule has 0 aliphatic carbocycles. The number of benzene rings is 3. The molecule has 3 N–H and O–H groups in total. The number of amides is 1. The third-order valence-corrected chi connectivity index (χ3v) is 7.12. The molecule has 186 valence electrons. The number of hydrogen-bond donors (Lipinski definition) is 3. The van der Waals surface area contributed by atoms with E-state index in [0.29, 0.717) is 38.7 Å². The van der Waals surface area contributed by atoms with Gasteiger partial charge in [0, 0.05) is 18.2 Å². The van der Waals surface area contributed by atoms with Crippen LogP contribution < -0.4 is 20.1 Å². The monoisotopic (exact) mass is 525 g/mol. The van der Waals surface area contributed by atoms with Gasteiger partial charge in [-0.2, -0.15) is 0 Å². The summed E-state index contributed by atoms with van der Waals surface area (Å²) in [5.41, 5.74) is 2.39. The molecule has 0 saturated carbocycles. The third-order valence-electron chi connectivity index (χ3n) is 5.31. The molecule has 0 atom stereocenters. The van der Waals surface area contributed by atoms with Gasteiger partial charge in [-0.1, -0.05) is 36.7 Å². The smallest absolute Gasteiger partial charge is 0.263 e. The van der Waals surface area contributed by atoms with Gasteiger partial charge < -0.3 is 15.4 Å². The van der Waals surface area contributed by atoms with E-state index in [0.717, 1.165) is 0 Å². The Kier molecular flexibility index (Phi) is 7.27. The van der Waals surface area contributed by atoms with E-state index in [2.05, 4.69) is 25.3 Å². The van der Waals surface area contributed by atoms with Gasteiger partial charge in [0.05, 0.1) is 33.7 Å². The van der Waals surface area contributed by atoms with Crippen LogP contribution in [0.2, 0.25) is 5.02 Å². The number of carbonyl (C=O) groups excluding carboxylic acids is 1. The highest BCUT2D eigenvalue weighted by atomic mass is 35.5. The Labute approximate surface area is 213 Å². The number of fused-ring (bicyclic) bond motifs is 1. The van der Waals surface area contributed by atoms with Gasteiger partial charge in [0.15, 0.2) is 11.6 Å². The third kappa shape index (κ3) is 5.50. The fraction of sp³-hybridized carbons (Fsp3) is 0.160. The summed E-state index contributed by atoms with van der Waals surface area (Å²) < 4.78 is 34.8. The van der Waals surface area contributed by atoms with Crippen LogP contribution in [0, 0.1) is 6.92 Å². The Morgan fingerprint density at radius 2 is 1.69 bits per heavy atom. The standard InChI is InChI=1S/C25H24ClN5O4S/c1-4-23(32)27-16-10-9-15(2)22(13-16)36(33,34)31-25-24(28-19-7-5-6-8-20(19)29-25)30-21-14-17(35-3)11-12-18(21)26/h5-14H,4H2,1-3H3,(H,27,32)(H,28,30)(H,29,31). The molecule has 11 heteroatoms. The van der Waals surface area contributed by atoms with Crippen molar-refractivity contribution in [2.45, 2.75) is 25.2 Å². The second kappa shape index (κ2) is 10.4. The van der Waals surface area contributed by atoms with E-state index in [4.69, 9.17) is 16.3 Å². The van der Waals surface area contributed by atoms with Gasteiger partial charge in [0.25, 0.3) is 10.0 Å². The van der Waals surface area contributed by atoms with Gasteiger partial charge in [-0.25, -0.2) is 18.4 Å². The first kappa shape index (κ1) is 25.2. The van der Waals surface area contributed by atoms with E-state index in [-0.39, 0.29) is 28.9 Å². The molecule has 9 nitrogen and oxygen atoms in total. The van der Waals surface area contributed by atoms with Crippen LogP contribution >= 0.6 is 11.6 Å². The largest absolute Gasteiger partial charge is 0.497 e. The first-order chi connectivity index (χ1) is 17.2. The maximum atomic E-state index is 13.5. The lowest BCUT2D eigenvalue weighted by Crippen LogP contribution is -2.18. The number of hydrogen-bond acceptors (Lipinski definition) is 7. The topological polar surface area (TPSA) is 122 Å². The first-order valence-corrected chi connectivity index (χ1v) is 12.9. The van der Waals surface area contributed by atoms with Crippen LogP contribution in [0.1, 0.15) is 18.9 Å². The maximum Gasteiger partial charge on any atom is 0.263 e. The number of para-hydroxylation sites is 2. The molecule has 0 aliphatic heterocycles. The lowest BCUT2D eigenvalue weighted by atomic mass is 10.2. The van der Waals surface area contributed by atoms with Crippen molar-refractivity contribution in [2.75, 3.05) is 22.5 Å². The molecule has 1 amide bonds. The molecular formula is C25H24ClN5O4S. The van der Waals surface area contributed by atoms with E-state index in [9.17, 15) is 13.2 Å². The van der Waals surface area contributed by atoms with Crippen LogP contribution in [-0.2, 0) is 14.8 Å². The summed E-state index contributed by atoms with van der Waals surface area (Å²) in [5.74, 6) is 0.465. The number of ether oxygens (including phenoxy) is 1. The maximum absolute atomic E-state index is 13.5. The van der Waals surface area contributed by atoms with Crippen molar-refractivity contribution in [3.63, 3.8) is 0 Å².